The molecule has 2 amide bonds. The number of carbonyl (C=O) groups excluding carboxylic acids is 2. The average molecular weight is 576 g/mol. The molecule has 0 bridgehead atoms. The predicted molar refractivity (Wildman–Crippen MR) is 158 cm³/mol. The molecule has 1 atom stereocenters. The van der Waals surface area contributed by atoms with Gasteiger partial charge in [0.1, 0.15) is 6.04 Å². The first-order valence-corrected chi connectivity index (χ1v) is 16.1. The Morgan fingerprint density at radius 1 is 1.05 bits per heavy atom. The minimum Gasteiger partial charge on any atom is -0.352 e. The van der Waals surface area contributed by atoms with Crippen LogP contribution in [0, 0.1) is 13.8 Å². The number of hydrogen-bond acceptors (Lipinski definition) is 4. The number of anilines is 1. The van der Waals surface area contributed by atoms with Crippen LogP contribution in [0.3, 0.4) is 0 Å². The van der Waals surface area contributed by atoms with Crippen molar-refractivity contribution in [2.45, 2.75) is 90.8 Å². The first-order valence-electron chi connectivity index (χ1n) is 13.9. The van der Waals surface area contributed by atoms with Crippen LogP contribution in [-0.2, 0) is 26.2 Å². The fraction of sp³-hybridized carbons (Fsp3) is 0.533. The third kappa shape index (κ3) is 8.97. The number of nitrogens with zero attached hydrogens (tertiary/aromatic N) is 2. The van der Waals surface area contributed by atoms with Gasteiger partial charge in [0.25, 0.3) is 0 Å². The van der Waals surface area contributed by atoms with Crippen LogP contribution in [0.1, 0.15) is 75.0 Å². The number of rotatable bonds is 12. The third-order valence-corrected chi connectivity index (χ3v) is 8.82. The van der Waals surface area contributed by atoms with E-state index in [2.05, 4.69) is 5.32 Å². The molecule has 1 aliphatic rings. The molecule has 0 radical (unpaired) electrons. The molecule has 9 heteroatoms. The number of carbonyl (C=O) groups is 2. The predicted octanol–water partition coefficient (Wildman–Crippen LogP) is 5.76. The maximum absolute atomic E-state index is 13.7. The maximum atomic E-state index is 13.7. The summed E-state index contributed by atoms with van der Waals surface area (Å²) in [6.07, 6.45) is 7.42. The molecule has 1 saturated carbocycles. The molecule has 0 aromatic heterocycles. The van der Waals surface area contributed by atoms with Crippen molar-refractivity contribution in [1.82, 2.24) is 10.2 Å². The van der Waals surface area contributed by atoms with Crippen LogP contribution in [-0.4, -0.2) is 50.0 Å². The largest absolute Gasteiger partial charge is 0.352 e. The van der Waals surface area contributed by atoms with Gasteiger partial charge in [0, 0.05) is 30.6 Å². The number of hydrogen-bond donors (Lipinski definition) is 1. The van der Waals surface area contributed by atoms with Gasteiger partial charge in [-0.25, -0.2) is 8.42 Å². The molecule has 0 aliphatic heterocycles. The lowest BCUT2D eigenvalue weighted by atomic mass is 9.95. The normalized spacial score (nSPS) is 15.0. The highest BCUT2D eigenvalue weighted by Crippen LogP contribution is 2.27. The summed E-state index contributed by atoms with van der Waals surface area (Å²) in [6.45, 7) is 6.21. The Morgan fingerprint density at radius 3 is 2.33 bits per heavy atom. The van der Waals surface area contributed by atoms with Gasteiger partial charge in [-0.3, -0.25) is 13.9 Å². The molecule has 214 valence electrons. The molecule has 0 unspecified atom stereocenters. The molecule has 1 fully saturated rings. The molecule has 39 heavy (non-hydrogen) atoms. The zero-order valence-electron chi connectivity index (χ0n) is 23.6. The van der Waals surface area contributed by atoms with Crippen molar-refractivity contribution in [2.75, 3.05) is 17.1 Å². The molecule has 0 spiro atoms. The van der Waals surface area contributed by atoms with Crippen LogP contribution in [0.25, 0.3) is 0 Å². The first kappa shape index (κ1) is 31.0. The van der Waals surface area contributed by atoms with Crippen molar-refractivity contribution in [1.29, 1.82) is 0 Å². The lowest BCUT2D eigenvalue weighted by Gasteiger charge is -2.33. The SMILES string of the molecule is CC[C@H](C(=O)NC1CCCCC1)N(Cc1ccc(C)cc1)C(=O)CCCN(c1cc(Cl)ccc1C)S(C)(=O)=O. The fourth-order valence-corrected chi connectivity index (χ4v) is 6.37. The van der Waals surface area contributed by atoms with Crippen LogP contribution < -0.4 is 9.62 Å². The highest BCUT2D eigenvalue weighted by Gasteiger charge is 2.30. The smallest absolute Gasteiger partial charge is 0.243 e. The Morgan fingerprint density at radius 2 is 1.72 bits per heavy atom. The van der Waals surface area contributed by atoms with E-state index in [1.54, 1.807) is 23.1 Å². The van der Waals surface area contributed by atoms with Gasteiger partial charge in [0.2, 0.25) is 21.8 Å². The molecule has 1 N–H and O–H groups in total. The summed E-state index contributed by atoms with van der Waals surface area (Å²) in [5.41, 5.74) is 3.36. The van der Waals surface area contributed by atoms with Crippen molar-refractivity contribution in [3.8, 4) is 0 Å². The minimum atomic E-state index is -3.59. The standard InChI is InChI=1S/C30H42ClN3O4S/c1-5-27(30(36)32-26-10-7-6-8-11-26)33(21-24-16-13-22(2)14-17-24)29(35)12-9-19-34(39(4,37)38)28-20-25(31)18-15-23(28)3/h13-18,20,26-27H,5-12,19,21H2,1-4H3,(H,32,36)/t27-/m1/s1. The molecule has 0 heterocycles. The summed E-state index contributed by atoms with van der Waals surface area (Å²) >= 11 is 6.15. The van der Waals surface area contributed by atoms with E-state index in [0.717, 1.165) is 48.6 Å². The second-order valence-electron chi connectivity index (χ2n) is 10.6. The zero-order valence-corrected chi connectivity index (χ0v) is 25.2. The highest BCUT2D eigenvalue weighted by molar-refractivity contribution is 7.92. The van der Waals surface area contributed by atoms with Gasteiger partial charge in [-0.05, 0) is 62.8 Å². The summed E-state index contributed by atoms with van der Waals surface area (Å²) in [7, 11) is -3.59. The van der Waals surface area contributed by atoms with Crippen molar-refractivity contribution in [3.63, 3.8) is 0 Å². The van der Waals surface area contributed by atoms with E-state index in [0.29, 0.717) is 30.1 Å². The molecular formula is C30H42ClN3O4S. The number of sulfonamides is 1. The summed E-state index contributed by atoms with van der Waals surface area (Å²) < 4.78 is 26.6. The van der Waals surface area contributed by atoms with E-state index >= 15 is 0 Å². The molecular weight excluding hydrogens is 534 g/mol. The van der Waals surface area contributed by atoms with E-state index in [4.69, 9.17) is 11.6 Å². The zero-order chi connectivity index (χ0) is 28.6. The first-order chi connectivity index (χ1) is 18.5. The molecule has 2 aromatic rings. The van der Waals surface area contributed by atoms with E-state index < -0.39 is 16.1 Å². The maximum Gasteiger partial charge on any atom is 0.243 e. The highest BCUT2D eigenvalue weighted by atomic mass is 35.5. The molecule has 3 rings (SSSR count). The van der Waals surface area contributed by atoms with Gasteiger partial charge in [-0.2, -0.15) is 0 Å². The van der Waals surface area contributed by atoms with Crippen LogP contribution in [0.4, 0.5) is 5.69 Å². The minimum absolute atomic E-state index is 0.114. The van der Waals surface area contributed by atoms with Crippen molar-refractivity contribution >= 4 is 39.1 Å². The fourth-order valence-electron chi connectivity index (χ4n) is 5.19. The van der Waals surface area contributed by atoms with Crippen LogP contribution in [0.5, 0.6) is 0 Å². The Labute approximate surface area is 239 Å². The van der Waals surface area contributed by atoms with Gasteiger partial charge < -0.3 is 10.2 Å². The number of aryl methyl sites for hydroxylation is 2. The Kier molecular flexibility index (Phi) is 11.2. The van der Waals surface area contributed by atoms with Gasteiger partial charge in [0.05, 0.1) is 11.9 Å². The molecule has 7 nitrogen and oxygen atoms in total. The summed E-state index contributed by atoms with van der Waals surface area (Å²) in [6, 6.07) is 12.6. The second kappa shape index (κ2) is 14.2. The second-order valence-corrected chi connectivity index (χ2v) is 13.0. The Hall–Kier alpha value is -2.58. The van der Waals surface area contributed by atoms with Crippen LogP contribution in [0.15, 0.2) is 42.5 Å². The molecule has 1 aliphatic carbocycles. The number of amides is 2. The summed E-state index contributed by atoms with van der Waals surface area (Å²) in [5, 5.41) is 3.64. The van der Waals surface area contributed by atoms with Gasteiger partial charge in [-0.15, -0.1) is 0 Å². The Bertz CT molecular complexity index is 1230. The monoisotopic (exact) mass is 575 g/mol. The topological polar surface area (TPSA) is 86.8 Å². The number of halogens is 1. The number of benzene rings is 2. The van der Waals surface area contributed by atoms with E-state index in [1.165, 1.54) is 10.7 Å². The van der Waals surface area contributed by atoms with Gasteiger partial charge in [0.15, 0.2) is 0 Å². The van der Waals surface area contributed by atoms with E-state index in [9.17, 15) is 18.0 Å². The molecule has 0 saturated heterocycles. The van der Waals surface area contributed by atoms with Gasteiger partial charge >= 0.3 is 0 Å². The van der Waals surface area contributed by atoms with Gasteiger partial charge in [-0.1, -0.05) is 73.7 Å². The molecule has 2 aromatic carbocycles. The quantitative estimate of drug-likeness (QED) is 0.349. The third-order valence-electron chi connectivity index (χ3n) is 7.40. The van der Waals surface area contributed by atoms with E-state index in [-0.39, 0.29) is 30.8 Å². The van der Waals surface area contributed by atoms with Crippen molar-refractivity contribution < 1.29 is 18.0 Å². The lowest BCUT2D eigenvalue weighted by Crippen LogP contribution is -2.51. The summed E-state index contributed by atoms with van der Waals surface area (Å²) in [4.78, 5) is 28.7. The van der Waals surface area contributed by atoms with E-state index in [1.807, 2.05) is 45.0 Å². The van der Waals surface area contributed by atoms with Crippen molar-refractivity contribution in [3.05, 3.63) is 64.2 Å². The Balaban J connectivity index is 1.77. The lowest BCUT2D eigenvalue weighted by molar-refractivity contribution is -0.141. The summed E-state index contributed by atoms with van der Waals surface area (Å²) in [5.74, 6) is -0.283. The van der Waals surface area contributed by atoms with Crippen LogP contribution in [0.2, 0.25) is 5.02 Å². The number of nitrogens with one attached hydrogen (secondary N) is 1. The van der Waals surface area contributed by atoms with Crippen LogP contribution >= 0.6 is 11.6 Å². The average Bonchev–Trinajstić information content (AvgIpc) is 2.89. The van der Waals surface area contributed by atoms with Crippen molar-refractivity contribution in [2.24, 2.45) is 0 Å².